The predicted molar refractivity (Wildman–Crippen MR) is 99.9 cm³/mol. The van der Waals surface area contributed by atoms with Gasteiger partial charge in [-0.15, -0.1) is 0 Å². The number of benzene rings is 1. The number of carbonyl (C=O) groups is 1. The van der Waals surface area contributed by atoms with E-state index in [9.17, 15) is 9.90 Å². The Balaban J connectivity index is 2.01. The standard InChI is InChI=1S/C21H30O5/c1-2-3-5-14-20-25-15-16(10-6-4-7-13-19(23)24)21(26-20)17-11-8-9-12-18(17)22/h4,6,8-9,11-12,16,20-22H,2-3,5,7,10,13-15H2,1H3,(H,23,24)/b6-4-/t16-,20+,21+/m1/s1. The summed E-state index contributed by atoms with van der Waals surface area (Å²) in [6.45, 7) is 2.74. The molecule has 0 spiro atoms. The van der Waals surface area contributed by atoms with E-state index in [1.54, 1.807) is 12.1 Å². The number of aromatic hydroxyl groups is 1. The highest BCUT2D eigenvalue weighted by Crippen LogP contribution is 2.39. The topological polar surface area (TPSA) is 76.0 Å². The lowest BCUT2D eigenvalue weighted by atomic mass is 9.91. The number of hydrogen-bond acceptors (Lipinski definition) is 4. The summed E-state index contributed by atoms with van der Waals surface area (Å²) in [5.74, 6) is -0.459. The molecule has 0 unspecified atom stereocenters. The number of allylic oxidation sites excluding steroid dienone is 2. The molecule has 3 atom stereocenters. The number of phenolic OH excluding ortho intramolecular Hbond substituents is 1. The van der Waals surface area contributed by atoms with Crippen molar-refractivity contribution in [2.45, 2.75) is 64.3 Å². The Bertz CT molecular complexity index is 584. The van der Waals surface area contributed by atoms with Crippen LogP contribution in [0.5, 0.6) is 5.75 Å². The average molecular weight is 362 g/mol. The molecule has 2 N–H and O–H groups in total. The van der Waals surface area contributed by atoms with E-state index in [1.165, 1.54) is 0 Å². The first-order valence-electron chi connectivity index (χ1n) is 9.53. The van der Waals surface area contributed by atoms with Gasteiger partial charge in [0.15, 0.2) is 6.29 Å². The molecule has 1 saturated heterocycles. The second kappa shape index (κ2) is 11.0. The normalized spacial score (nSPS) is 23.3. The van der Waals surface area contributed by atoms with Gasteiger partial charge in [0.25, 0.3) is 0 Å². The smallest absolute Gasteiger partial charge is 0.303 e. The molecule has 1 heterocycles. The van der Waals surface area contributed by atoms with E-state index >= 15 is 0 Å². The summed E-state index contributed by atoms with van der Waals surface area (Å²) in [5.41, 5.74) is 0.792. The maximum atomic E-state index is 10.6. The molecule has 0 bridgehead atoms. The SMILES string of the molecule is CCCCC[C@H]1OC[C@@H](C/C=C\CCC(=O)O)[C@@H](c2ccccc2O)O1. The Morgan fingerprint density at radius 1 is 1.27 bits per heavy atom. The summed E-state index contributed by atoms with van der Waals surface area (Å²) in [6.07, 6.45) is 9.03. The van der Waals surface area contributed by atoms with Crippen molar-refractivity contribution in [2.24, 2.45) is 5.92 Å². The number of hydrogen-bond donors (Lipinski definition) is 2. The van der Waals surface area contributed by atoms with Gasteiger partial charge in [-0.05, 0) is 31.7 Å². The van der Waals surface area contributed by atoms with Crippen LogP contribution in [0.15, 0.2) is 36.4 Å². The van der Waals surface area contributed by atoms with Crippen molar-refractivity contribution in [3.8, 4) is 5.75 Å². The van der Waals surface area contributed by atoms with Crippen LogP contribution < -0.4 is 0 Å². The van der Waals surface area contributed by atoms with Crippen LogP contribution in [0.3, 0.4) is 0 Å². The van der Waals surface area contributed by atoms with Crippen LogP contribution >= 0.6 is 0 Å². The third-order valence-electron chi connectivity index (χ3n) is 4.64. The molecule has 26 heavy (non-hydrogen) atoms. The first kappa shape index (κ1) is 20.5. The number of phenols is 1. The zero-order valence-electron chi connectivity index (χ0n) is 15.5. The Labute approximate surface area is 155 Å². The highest BCUT2D eigenvalue weighted by molar-refractivity contribution is 5.66. The highest BCUT2D eigenvalue weighted by Gasteiger charge is 2.33. The molecule has 1 aliphatic rings. The lowest BCUT2D eigenvalue weighted by Gasteiger charge is -2.37. The maximum Gasteiger partial charge on any atom is 0.303 e. The largest absolute Gasteiger partial charge is 0.508 e. The molecule has 0 aromatic heterocycles. The van der Waals surface area contributed by atoms with Gasteiger partial charge >= 0.3 is 5.97 Å². The molecule has 1 aliphatic heterocycles. The van der Waals surface area contributed by atoms with Crippen LogP contribution in [0, 0.1) is 5.92 Å². The summed E-state index contributed by atoms with van der Waals surface area (Å²) in [6, 6.07) is 7.28. The molecule has 1 fully saturated rings. The molecular weight excluding hydrogens is 332 g/mol. The average Bonchev–Trinajstić information content (AvgIpc) is 2.63. The number of rotatable bonds is 10. The quantitative estimate of drug-likeness (QED) is 0.461. The van der Waals surface area contributed by atoms with E-state index in [-0.39, 0.29) is 30.5 Å². The maximum absolute atomic E-state index is 10.6. The zero-order chi connectivity index (χ0) is 18.8. The van der Waals surface area contributed by atoms with Crippen LogP contribution in [-0.4, -0.2) is 29.1 Å². The van der Waals surface area contributed by atoms with E-state index in [4.69, 9.17) is 14.6 Å². The van der Waals surface area contributed by atoms with Crippen molar-refractivity contribution in [3.63, 3.8) is 0 Å². The van der Waals surface area contributed by atoms with Crippen molar-refractivity contribution >= 4 is 5.97 Å². The van der Waals surface area contributed by atoms with Crippen molar-refractivity contribution in [2.75, 3.05) is 6.61 Å². The molecule has 0 saturated carbocycles. The van der Waals surface area contributed by atoms with E-state index in [0.717, 1.165) is 37.7 Å². The van der Waals surface area contributed by atoms with Crippen molar-refractivity contribution in [1.29, 1.82) is 0 Å². The number of carboxylic acids is 1. The fourth-order valence-corrected chi connectivity index (χ4v) is 3.19. The zero-order valence-corrected chi connectivity index (χ0v) is 15.5. The molecule has 0 amide bonds. The molecular formula is C21H30O5. The third kappa shape index (κ3) is 6.46. The predicted octanol–water partition coefficient (Wildman–Crippen LogP) is 4.81. The van der Waals surface area contributed by atoms with Gasteiger partial charge < -0.3 is 19.7 Å². The first-order valence-corrected chi connectivity index (χ1v) is 9.53. The van der Waals surface area contributed by atoms with Gasteiger partial charge in [0.2, 0.25) is 0 Å². The fraction of sp³-hybridized carbons (Fsp3) is 0.571. The molecule has 144 valence electrons. The fourth-order valence-electron chi connectivity index (χ4n) is 3.19. The molecule has 0 aliphatic carbocycles. The summed E-state index contributed by atoms with van der Waals surface area (Å²) < 4.78 is 12.1. The first-order chi connectivity index (χ1) is 12.6. The van der Waals surface area contributed by atoms with Gasteiger partial charge in [0, 0.05) is 17.9 Å². The Kier molecular flexibility index (Phi) is 8.65. The summed E-state index contributed by atoms with van der Waals surface area (Å²) in [4.78, 5) is 10.6. The number of para-hydroxylation sites is 1. The molecule has 2 rings (SSSR count). The van der Waals surface area contributed by atoms with E-state index in [1.807, 2.05) is 24.3 Å². The van der Waals surface area contributed by atoms with Gasteiger partial charge in [-0.25, -0.2) is 0 Å². The van der Waals surface area contributed by atoms with Crippen molar-refractivity contribution < 1.29 is 24.5 Å². The van der Waals surface area contributed by atoms with Crippen molar-refractivity contribution in [3.05, 3.63) is 42.0 Å². The van der Waals surface area contributed by atoms with E-state index < -0.39 is 5.97 Å². The Morgan fingerprint density at radius 3 is 2.81 bits per heavy atom. The summed E-state index contributed by atoms with van der Waals surface area (Å²) >= 11 is 0. The van der Waals surface area contributed by atoms with Crippen LogP contribution in [-0.2, 0) is 14.3 Å². The molecule has 0 radical (unpaired) electrons. The number of aliphatic carboxylic acids is 1. The molecule has 1 aromatic rings. The lowest BCUT2D eigenvalue weighted by Crippen LogP contribution is -2.34. The second-order valence-electron chi connectivity index (χ2n) is 6.77. The van der Waals surface area contributed by atoms with E-state index in [0.29, 0.717) is 13.0 Å². The minimum Gasteiger partial charge on any atom is -0.508 e. The van der Waals surface area contributed by atoms with Crippen LogP contribution in [0.2, 0.25) is 0 Å². The van der Waals surface area contributed by atoms with Gasteiger partial charge in [0.05, 0.1) is 12.7 Å². The Morgan fingerprint density at radius 2 is 2.08 bits per heavy atom. The van der Waals surface area contributed by atoms with Gasteiger partial charge in [0.1, 0.15) is 5.75 Å². The third-order valence-corrected chi connectivity index (χ3v) is 4.64. The number of carboxylic acid groups (broad SMARTS) is 1. The molecule has 5 nitrogen and oxygen atoms in total. The van der Waals surface area contributed by atoms with Crippen molar-refractivity contribution in [1.82, 2.24) is 0 Å². The Hall–Kier alpha value is -1.85. The van der Waals surface area contributed by atoms with Gasteiger partial charge in [-0.2, -0.15) is 0 Å². The van der Waals surface area contributed by atoms with Gasteiger partial charge in [-0.1, -0.05) is 50.1 Å². The monoisotopic (exact) mass is 362 g/mol. The molecule has 1 aromatic carbocycles. The molecule has 5 heteroatoms. The minimum absolute atomic E-state index is 0.0896. The van der Waals surface area contributed by atoms with Gasteiger partial charge in [-0.3, -0.25) is 4.79 Å². The van der Waals surface area contributed by atoms with Crippen LogP contribution in [0.4, 0.5) is 0 Å². The summed E-state index contributed by atoms with van der Waals surface area (Å²) in [7, 11) is 0. The number of ether oxygens (including phenoxy) is 2. The lowest BCUT2D eigenvalue weighted by molar-refractivity contribution is -0.241. The van der Waals surface area contributed by atoms with Crippen LogP contribution in [0.25, 0.3) is 0 Å². The highest BCUT2D eigenvalue weighted by atomic mass is 16.7. The second-order valence-corrected chi connectivity index (χ2v) is 6.77. The van der Waals surface area contributed by atoms with Crippen LogP contribution in [0.1, 0.15) is 63.5 Å². The summed E-state index contributed by atoms with van der Waals surface area (Å²) in [5, 5.41) is 18.9. The minimum atomic E-state index is -0.791. The number of unbranched alkanes of at least 4 members (excludes halogenated alkanes) is 2. The van der Waals surface area contributed by atoms with E-state index in [2.05, 4.69) is 6.92 Å².